The first-order chi connectivity index (χ1) is 16.8. The highest BCUT2D eigenvalue weighted by Gasteiger charge is 2.57. The minimum absolute atomic E-state index is 0.0158. The number of carbonyl (C=O) groups excluding carboxylic acids is 2. The first-order valence-corrected chi connectivity index (χ1v) is 13.0. The van der Waals surface area contributed by atoms with Crippen LogP contribution in [0.15, 0.2) is 54.8 Å². The van der Waals surface area contributed by atoms with E-state index in [4.69, 9.17) is 18.5 Å². The molecule has 2 aliphatic rings. The lowest BCUT2D eigenvalue weighted by Crippen LogP contribution is -2.51. The van der Waals surface area contributed by atoms with Gasteiger partial charge in [-0.15, -0.1) is 0 Å². The zero-order valence-corrected chi connectivity index (χ0v) is 21.5. The van der Waals surface area contributed by atoms with Gasteiger partial charge in [-0.05, 0) is 51.5 Å². The molecule has 12 heteroatoms. The molecule has 0 saturated carbocycles. The van der Waals surface area contributed by atoms with Crippen molar-refractivity contribution in [3.8, 4) is 5.75 Å². The molecule has 1 aromatic rings. The number of allylic oxidation sites excluding steroid dienone is 1. The molecular weight excluding hydrogens is 494 g/mol. The lowest BCUT2D eigenvalue weighted by Gasteiger charge is -2.33. The van der Waals surface area contributed by atoms with Crippen molar-refractivity contribution in [3.63, 3.8) is 0 Å². The van der Waals surface area contributed by atoms with E-state index in [1.165, 1.54) is 25.3 Å². The standard InChI is InChI=1S/C24H32FN2O8P/c1-15(2)33-22(30)17(4)26-36(31,35-18-9-7-6-8-10-18)32-14-19-21(29)24(5,25)23(34-19)27-12-11-16(3)13-20(27)28/h6-12,15,17,19,21,23,29H,3,13-14H2,1-2,4-5H3,(H,26,31)/t17-,19?,21+,23+,24+,36+/m0/s1. The Labute approximate surface area is 209 Å². The average molecular weight is 526 g/mol. The number of hydrogen-bond acceptors (Lipinski definition) is 8. The second-order valence-corrected chi connectivity index (χ2v) is 10.8. The monoisotopic (exact) mass is 526 g/mol. The van der Waals surface area contributed by atoms with Crippen LogP contribution >= 0.6 is 7.75 Å². The molecule has 1 fully saturated rings. The van der Waals surface area contributed by atoms with Crippen LogP contribution in [0.4, 0.5) is 4.39 Å². The molecule has 2 aliphatic heterocycles. The highest BCUT2D eigenvalue weighted by atomic mass is 31.2. The molecule has 0 bridgehead atoms. The zero-order chi connectivity index (χ0) is 26.7. The summed E-state index contributed by atoms with van der Waals surface area (Å²) in [5, 5.41) is 13.1. The normalized spacial score (nSPS) is 28.8. The zero-order valence-electron chi connectivity index (χ0n) is 20.6. The number of halogens is 1. The van der Waals surface area contributed by atoms with Crippen LogP contribution in [-0.2, 0) is 28.2 Å². The molecule has 1 aromatic carbocycles. The summed E-state index contributed by atoms with van der Waals surface area (Å²) in [5.74, 6) is -0.943. The van der Waals surface area contributed by atoms with Crippen LogP contribution in [0.1, 0.15) is 34.1 Å². The highest BCUT2D eigenvalue weighted by Crippen LogP contribution is 2.46. The number of esters is 1. The summed E-state index contributed by atoms with van der Waals surface area (Å²) in [7, 11) is -4.26. The van der Waals surface area contributed by atoms with E-state index in [0.717, 1.165) is 11.8 Å². The van der Waals surface area contributed by atoms with Crippen LogP contribution in [0.25, 0.3) is 0 Å². The third-order valence-electron chi connectivity index (χ3n) is 5.54. The molecule has 3 rings (SSSR count). The van der Waals surface area contributed by atoms with Crippen molar-refractivity contribution in [2.45, 2.75) is 70.4 Å². The van der Waals surface area contributed by atoms with Crippen LogP contribution < -0.4 is 9.61 Å². The van der Waals surface area contributed by atoms with Crippen LogP contribution in [0.3, 0.4) is 0 Å². The maximum Gasteiger partial charge on any atom is 0.459 e. The van der Waals surface area contributed by atoms with Crippen molar-refractivity contribution in [3.05, 3.63) is 54.8 Å². The van der Waals surface area contributed by atoms with Gasteiger partial charge in [0.15, 0.2) is 11.9 Å². The maximum absolute atomic E-state index is 15.5. The molecular formula is C24H32FN2O8P. The van der Waals surface area contributed by atoms with E-state index in [1.54, 1.807) is 38.1 Å². The van der Waals surface area contributed by atoms with Crippen molar-refractivity contribution < 1.29 is 42.2 Å². The molecule has 2 N–H and O–H groups in total. The molecule has 1 amide bonds. The fourth-order valence-electron chi connectivity index (χ4n) is 3.68. The van der Waals surface area contributed by atoms with Gasteiger partial charge in [-0.2, -0.15) is 5.09 Å². The van der Waals surface area contributed by atoms with Gasteiger partial charge >= 0.3 is 13.7 Å². The van der Waals surface area contributed by atoms with Gasteiger partial charge in [0, 0.05) is 6.20 Å². The largest absolute Gasteiger partial charge is 0.462 e. The number of aliphatic hydroxyl groups is 1. The molecule has 0 spiro atoms. The quantitative estimate of drug-likeness (QED) is 0.349. The second kappa shape index (κ2) is 11.2. The molecule has 0 aliphatic carbocycles. The van der Waals surface area contributed by atoms with Gasteiger partial charge < -0.3 is 19.1 Å². The first kappa shape index (κ1) is 28.0. The van der Waals surface area contributed by atoms with Gasteiger partial charge in [0.1, 0.15) is 24.0 Å². The average Bonchev–Trinajstić information content (AvgIpc) is 3.01. The van der Waals surface area contributed by atoms with Gasteiger partial charge in [-0.3, -0.25) is 19.0 Å². The Hall–Kier alpha value is -2.56. The van der Waals surface area contributed by atoms with Crippen LogP contribution in [-0.4, -0.2) is 64.7 Å². The van der Waals surface area contributed by atoms with E-state index < -0.39 is 62.5 Å². The minimum atomic E-state index is -4.26. The number of aliphatic hydroxyl groups excluding tert-OH is 1. The number of para-hydroxylation sites is 1. The summed E-state index contributed by atoms with van der Waals surface area (Å²) in [5.41, 5.74) is -1.80. The molecule has 0 radical (unpaired) electrons. The summed E-state index contributed by atoms with van der Waals surface area (Å²) in [6.45, 7) is 9.01. The molecule has 198 valence electrons. The Balaban J connectivity index is 1.76. The van der Waals surface area contributed by atoms with Crippen LogP contribution in [0, 0.1) is 0 Å². The van der Waals surface area contributed by atoms with Crippen LogP contribution in [0.5, 0.6) is 5.75 Å². The predicted octanol–water partition coefficient (Wildman–Crippen LogP) is 3.24. The van der Waals surface area contributed by atoms with Crippen LogP contribution in [0.2, 0.25) is 0 Å². The topological polar surface area (TPSA) is 124 Å². The molecule has 10 nitrogen and oxygen atoms in total. The van der Waals surface area contributed by atoms with Gasteiger partial charge in [0.2, 0.25) is 5.91 Å². The van der Waals surface area contributed by atoms with E-state index in [0.29, 0.717) is 5.57 Å². The molecule has 6 atom stereocenters. The smallest absolute Gasteiger partial charge is 0.459 e. The van der Waals surface area contributed by atoms with Crippen molar-refractivity contribution in [1.82, 2.24) is 9.99 Å². The number of nitrogens with zero attached hydrogens (tertiary/aromatic N) is 1. The van der Waals surface area contributed by atoms with E-state index in [1.807, 2.05) is 0 Å². The number of amides is 1. The van der Waals surface area contributed by atoms with Crippen molar-refractivity contribution >= 4 is 19.6 Å². The first-order valence-electron chi connectivity index (χ1n) is 11.5. The lowest BCUT2D eigenvalue weighted by molar-refractivity contribution is -0.149. The Kier molecular flexibility index (Phi) is 8.74. The van der Waals surface area contributed by atoms with E-state index in [2.05, 4.69) is 11.7 Å². The lowest BCUT2D eigenvalue weighted by atomic mass is 9.97. The van der Waals surface area contributed by atoms with E-state index in [9.17, 15) is 19.3 Å². The highest BCUT2D eigenvalue weighted by molar-refractivity contribution is 7.52. The fraction of sp³-hybridized carbons (Fsp3) is 0.500. The SMILES string of the molecule is C=C1C=CN([C@@H]2OC(CO[P@](=O)(N[C@@H](C)C(=O)OC(C)C)Oc3ccccc3)[C@@H](O)[C@@]2(C)F)C(=O)C1. The van der Waals surface area contributed by atoms with Gasteiger partial charge in [0.05, 0.1) is 19.1 Å². The molecule has 1 saturated heterocycles. The van der Waals surface area contributed by atoms with Gasteiger partial charge in [0.25, 0.3) is 0 Å². The minimum Gasteiger partial charge on any atom is -0.462 e. The number of hydrogen-bond donors (Lipinski definition) is 2. The number of nitrogens with one attached hydrogen (secondary N) is 1. The summed E-state index contributed by atoms with van der Waals surface area (Å²) in [6.07, 6.45) is -1.98. The molecule has 2 heterocycles. The Morgan fingerprint density at radius 2 is 2.03 bits per heavy atom. The molecule has 0 aromatic heterocycles. The maximum atomic E-state index is 15.5. The number of rotatable bonds is 10. The van der Waals surface area contributed by atoms with E-state index in [-0.39, 0.29) is 12.2 Å². The summed E-state index contributed by atoms with van der Waals surface area (Å²) < 4.78 is 51.0. The second-order valence-electron chi connectivity index (χ2n) is 9.11. The van der Waals surface area contributed by atoms with Gasteiger partial charge in [-0.25, -0.2) is 8.96 Å². The number of carbonyl (C=O) groups is 2. The Bertz CT molecular complexity index is 1050. The van der Waals surface area contributed by atoms with E-state index >= 15 is 4.39 Å². The van der Waals surface area contributed by atoms with Crippen molar-refractivity contribution in [2.75, 3.05) is 6.61 Å². The number of alkyl halides is 1. The van der Waals surface area contributed by atoms with Crippen molar-refractivity contribution in [2.24, 2.45) is 0 Å². The third kappa shape index (κ3) is 6.60. The summed E-state index contributed by atoms with van der Waals surface area (Å²) >= 11 is 0. The number of ether oxygens (including phenoxy) is 2. The Morgan fingerprint density at radius 3 is 2.64 bits per heavy atom. The number of benzene rings is 1. The summed E-state index contributed by atoms with van der Waals surface area (Å²) in [6, 6.07) is 7.01. The summed E-state index contributed by atoms with van der Waals surface area (Å²) in [4.78, 5) is 25.7. The predicted molar refractivity (Wildman–Crippen MR) is 128 cm³/mol. The Morgan fingerprint density at radius 1 is 1.36 bits per heavy atom. The molecule has 36 heavy (non-hydrogen) atoms. The third-order valence-corrected chi connectivity index (χ3v) is 7.19. The molecule has 1 unspecified atom stereocenters. The van der Waals surface area contributed by atoms with Gasteiger partial charge in [-0.1, -0.05) is 24.8 Å². The fourth-order valence-corrected chi connectivity index (χ4v) is 5.18. The van der Waals surface area contributed by atoms with Crippen molar-refractivity contribution in [1.29, 1.82) is 0 Å².